The quantitative estimate of drug-likeness (QED) is 0.563. The van der Waals surface area contributed by atoms with Crippen LogP contribution in [-0.2, 0) is 0 Å². The first-order valence-electron chi connectivity index (χ1n) is 4.76. The Morgan fingerprint density at radius 1 is 0.933 bits per heavy atom. The molecular weight excluding hydrogens is 184 g/mol. The number of benzene rings is 2. The molecule has 0 saturated carbocycles. The molecule has 2 nitrogen and oxygen atoms in total. The topological polar surface area (TPSA) is 49.9 Å². The predicted octanol–water partition coefficient (Wildman–Crippen LogP) is 2.93. The number of rotatable bonds is 2. The lowest BCUT2D eigenvalue weighted by atomic mass is 10.0. The maximum atomic E-state index is 7.24. The smallest absolute Gasteiger partial charge is 0.0403 e. The molecule has 0 fully saturated rings. The van der Waals surface area contributed by atoms with Crippen molar-refractivity contribution in [2.45, 2.75) is 0 Å². The molecule has 0 unspecified atom stereocenters. The van der Waals surface area contributed by atoms with Crippen LogP contribution in [0.4, 0.5) is 5.69 Å². The average Bonchev–Trinajstić information content (AvgIpc) is 2.31. The highest BCUT2D eigenvalue weighted by Crippen LogP contribution is 2.22. The first kappa shape index (κ1) is 9.46. The van der Waals surface area contributed by atoms with Gasteiger partial charge >= 0.3 is 0 Å². The zero-order chi connectivity index (χ0) is 10.7. The van der Waals surface area contributed by atoms with Crippen molar-refractivity contribution in [1.29, 1.82) is 5.41 Å². The molecule has 2 rings (SSSR count). The van der Waals surface area contributed by atoms with Gasteiger partial charge in [0.25, 0.3) is 0 Å². The molecule has 2 aromatic rings. The summed E-state index contributed by atoms with van der Waals surface area (Å²) in [5.74, 6) is 0. The molecule has 0 atom stereocenters. The molecule has 15 heavy (non-hydrogen) atoms. The SMILES string of the molecule is N=Cc1cc(-c2ccccc2)ccc1N. The molecule has 0 radical (unpaired) electrons. The first-order valence-corrected chi connectivity index (χ1v) is 4.76. The van der Waals surface area contributed by atoms with Gasteiger partial charge < -0.3 is 11.1 Å². The highest BCUT2D eigenvalue weighted by Gasteiger charge is 2.00. The number of hydrogen-bond acceptors (Lipinski definition) is 2. The summed E-state index contributed by atoms with van der Waals surface area (Å²) in [6, 6.07) is 15.8. The van der Waals surface area contributed by atoms with Crippen LogP contribution in [0.1, 0.15) is 5.56 Å². The number of anilines is 1. The fraction of sp³-hybridized carbons (Fsp3) is 0. The third-order valence-electron chi connectivity index (χ3n) is 2.35. The van der Waals surface area contributed by atoms with Crippen LogP contribution < -0.4 is 5.73 Å². The van der Waals surface area contributed by atoms with E-state index in [1.54, 1.807) is 0 Å². The Balaban J connectivity index is 2.51. The molecule has 3 N–H and O–H groups in total. The Kier molecular flexibility index (Phi) is 2.50. The number of hydrogen-bond donors (Lipinski definition) is 2. The molecule has 2 heteroatoms. The van der Waals surface area contributed by atoms with E-state index in [1.807, 2.05) is 48.5 Å². The van der Waals surface area contributed by atoms with Gasteiger partial charge in [0.15, 0.2) is 0 Å². The molecule has 2 aromatic carbocycles. The van der Waals surface area contributed by atoms with E-state index in [4.69, 9.17) is 11.1 Å². The Bertz CT molecular complexity index is 475. The lowest BCUT2D eigenvalue weighted by molar-refractivity contribution is 1.53. The van der Waals surface area contributed by atoms with Crippen molar-refractivity contribution in [3.05, 3.63) is 54.1 Å². The van der Waals surface area contributed by atoms with Crippen LogP contribution in [0.15, 0.2) is 48.5 Å². The van der Waals surface area contributed by atoms with Gasteiger partial charge in [-0.1, -0.05) is 36.4 Å². The highest BCUT2D eigenvalue weighted by atomic mass is 14.6. The minimum absolute atomic E-state index is 0.643. The van der Waals surface area contributed by atoms with Crippen LogP contribution in [0.25, 0.3) is 11.1 Å². The molecule has 0 heterocycles. The second kappa shape index (κ2) is 3.96. The molecule has 0 bridgehead atoms. The summed E-state index contributed by atoms with van der Waals surface area (Å²) in [6.45, 7) is 0. The summed E-state index contributed by atoms with van der Waals surface area (Å²) < 4.78 is 0. The minimum atomic E-state index is 0.643. The third-order valence-corrected chi connectivity index (χ3v) is 2.35. The maximum absolute atomic E-state index is 7.24. The molecule has 0 aliphatic heterocycles. The van der Waals surface area contributed by atoms with Crippen LogP contribution in [0, 0.1) is 5.41 Å². The largest absolute Gasteiger partial charge is 0.398 e. The molecule has 0 saturated heterocycles. The zero-order valence-electron chi connectivity index (χ0n) is 8.27. The summed E-state index contributed by atoms with van der Waals surface area (Å²) >= 11 is 0. The van der Waals surface area contributed by atoms with Gasteiger partial charge in [-0.05, 0) is 23.3 Å². The van der Waals surface area contributed by atoms with Crippen molar-refractivity contribution in [3.63, 3.8) is 0 Å². The van der Waals surface area contributed by atoms with E-state index in [2.05, 4.69) is 0 Å². The van der Waals surface area contributed by atoms with Crippen molar-refractivity contribution in [2.24, 2.45) is 0 Å². The normalized spacial score (nSPS) is 9.87. The lowest BCUT2D eigenvalue weighted by Crippen LogP contribution is -1.92. The molecule has 0 spiro atoms. The fourth-order valence-corrected chi connectivity index (χ4v) is 1.51. The van der Waals surface area contributed by atoms with Crippen molar-refractivity contribution >= 4 is 11.9 Å². The number of nitrogen functional groups attached to an aromatic ring is 1. The van der Waals surface area contributed by atoms with E-state index in [0.29, 0.717) is 5.69 Å². The third kappa shape index (κ3) is 1.89. The van der Waals surface area contributed by atoms with Gasteiger partial charge in [0.1, 0.15) is 0 Å². The standard InChI is InChI=1S/C13H12N2/c14-9-12-8-11(6-7-13(12)15)10-4-2-1-3-5-10/h1-9,14H,15H2. The van der Waals surface area contributed by atoms with E-state index in [0.717, 1.165) is 16.7 Å². The summed E-state index contributed by atoms with van der Waals surface area (Å²) in [4.78, 5) is 0. The van der Waals surface area contributed by atoms with Crippen molar-refractivity contribution < 1.29 is 0 Å². The molecule has 0 amide bonds. The zero-order valence-corrected chi connectivity index (χ0v) is 8.27. The Hall–Kier alpha value is -2.09. The van der Waals surface area contributed by atoms with Gasteiger partial charge in [-0.15, -0.1) is 0 Å². The second-order valence-electron chi connectivity index (χ2n) is 3.35. The first-order chi connectivity index (χ1) is 7.31. The van der Waals surface area contributed by atoms with E-state index in [-0.39, 0.29) is 0 Å². The van der Waals surface area contributed by atoms with E-state index < -0.39 is 0 Å². The van der Waals surface area contributed by atoms with Gasteiger partial charge in [-0.25, -0.2) is 0 Å². The predicted molar refractivity (Wildman–Crippen MR) is 64.2 cm³/mol. The van der Waals surface area contributed by atoms with Crippen LogP contribution in [0.5, 0.6) is 0 Å². The van der Waals surface area contributed by atoms with Gasteiger partial charge in [0, 0.05) is 17.5 Å². The summed E-state index contributed by atoms with van der Waals surface area (Å²) in [6.07, 6.45) is 1.28. The van der Waals surface area contributed by atoms with Gasteiger partial charge in [0.2, 0.25) is 0 Å². The van der Waals surface area contributed by atoms with E-state index in [9.17, 15) is 0 Å². The maximum Gasteiger partial charge on any atom is 0.0403 e. The van der Waals surface area contributed by atoms with Crippen molar-refractivity contribution in [2.75, 3.05) is 5.73 Å². The van der Waals surface area contributed by atoms with E-state index in [1.165, 1.54) is 6.21 Å². The van der Waals surface area contributed by atoms with Crippen molar-refractivity contribution in [3.8, 4) is 11.1 Å². The Morgan fingerprint density at radius 2 is 1.67 bits per heavy atom. The van der Waals surface area contributed by atoms with Crippen LogP contribution in [0.2, 0.25) is 0 Å². The van der Waals surface area contributed by atoms with Crippen LogP contribution >= 0.6 is 0 Å². The number of nitrogens with one attached hydrogen (secondary N) is 1. The second-order valence-corrected chi connectivity index (χ2v) is 3.35. The summed E-state index contributed by atoms with van der Waals surface area (Å²) in [7, 11) is 0. The molecular formula is C13H12N2. The summed E-state index contributed by atoms with van der Waals surface area (Å²) in [5.41, 5.74) is 9.36. The van der Waals surface area contributed by atoms with Gasteiger partial charge in [-0.3, -0.25) is 0 Å². The minimum Gasteiger partial charge on any atom is -0.398 e. The van der Waals surface area contributed by atoms with Gasteiger partial charge in [-0.2, -0.15) is 0 Å². The van der Waals surface area contributed by atoms with Crippen LogP contribution in [0.3, 0.4) is 0 Å². The Labute approximate surface area is 88.9 Å². The summed E-state index contributed by atoms with van der Waals surface area (Å²) in [5, 5.41) is 7.24. The van der Waals surface area contributed by atoms with Crippen LogP contribution in [-0.4, -0.2) is 6.21 Å². The number of nitrogens with two attached hydrogens (primary N) is 1. The highest BCUT2D eigenvalue weighted by molar-refractivity contribution is 5.87. The molecule has 0 aliphatic carbocycles. The molecule has 74 valence electrons. The Morgan fingerprint density at radius 3 is 2.33 bits per heavy atom. The average molecular weight is 196 g/mol. The lowest BCUT2D eigenvalue weighted by Gasteiger charge is -2.04. The monoisotopic (exact) mass is 196 g/mol. The van der Waals surface area contributed by atoms with E-state index >= 15 is 0 Å². The fourth-order valence-electron chi connectivity index (χ4n) is 1.51. The van der Waals surface area contributed by atoms with Gasteiger partial charge in [0.05, 0.1) is 0 Å². The molecule has 0 aromatic heterocycles. The molecule has 0 aliphatic rings. The van der Waals surface area contributed by atoms with Crippen molar-refractivity contribution in [1.82, 2.24) is 0 Å².